The Balaban J connectivity index is 2.45. The number of amides is 1. The van der Waals surface area contributed by atoms with Crippen LogP contribution in [0.4, 0.5) is 5.69 Å². The van der Waals surface area contributed by atoms with Crippen LogP contribution in [0.15, 0.2) is 18.2 Å². The number of aryl methyl sites for hydroxylation is 1. The van der Waals surface area contributed by atoms with Gasteiger partial charge in [0.1, 0.15) is 0 Å². The van der Waals surface area contributed by atoms with Crippen LogP contribution in [0.1, 0.15) is 37.3 Å². The van der Waals surface area contributed by atoms with Gasteiger partial charge >= 0.3 is 0 Å². The molecule has 0 bridgehead atoms. The first-order chi connectivity index (χ1) is 7.09. The van der Waals surface area contributed by atoms with Gasteiger partial charge in [-0.15, -0.1) is 0 Å². The fourth-order valence-electron chi connectivity index (χ4n) is 2.01. The first-order valence-corrected chi connectivity index (χ1v) is 5.49. The quantitative estimate of drug-likeness (QED) is 0.687. The van der Waals surface area contributed by atoms with E-state index in [1.807, 2.05) is 7.05 Å². The number of hydrogen-bond donors (Lipinski definition) is 0. The number of rotatable bonds is 1. The highest BCUT2D eigenvalue weighted by Gasteiger charge is 2.20. The average Bonchev–Trinajstić information content (AvgIpc) is 2.23. The maximum absolute atomic E-state index is 11.6. The molecule has 1 aliphatic heterocycles. The number of fused-ring (bicyclic) bond motifs is 1. The Labute approximate surface area is 90.9 Å². The Hall–Kier alpha value is -1.31. The molecule has 1 aliphatic rings. The molecule has 0 spiro atoms. The van der Waals surface area contributed by atoms with E-state index in [1.54, 1.807) is 4.90 Å². The summed E-state index contributed by atoms with van der Waals surface area (Å²) in [6.45, 7) is 4.35. The number of hydrogen-bond acceptors (Lipinski definition) is 1. The van der Waals surface area contributed by atoms with Crippen molar-refractivity contribution >= 4 is 11.6 Å². The standard InChI is InChI=1S/C13H17NO/c1-9(2)11-5-4-10-6-7-13(15)14(3)12(10)8-11/h4-5,8-9H,6-7H2,1-3H3. The lowest BCUT2D eigenvalue weighted by Crippen LogP contribution is -2.31. The number of benzene rings is 1. The summed E-state index contributed by atoms with van der Waals surface area (Å²) in [4.78, 5) is 13.3. The van der Waals surface area contributed by atoms with Gasteiger partial charge in [-0.1, -0.05) is 26.0 Å². The van der Waals surface area contributed by atoms with Crippen LogP contribution >= 0.6 is 0 Å². The number of anilines is 1. The van der Waals surface area contributed by atoms with E-state index in [0.29, 0.717) is 12.3 Å². The fraction of sp³-hybridized carbons (Fsp3) is 0.462. The summed E-state index contributed by atoms with van der Waals surface area (Å²) in [5.41, 5.74) is 3.69. The summed E-state index contributed by atoms with van der Waals surface area (Å²) in [6.07, 6.45) is 1.53. The lowest BCUT2D eigenvalue weighted by atomic mass is 9.95. The van der Waals surface area contributed by atoms with Crippen molar-refractivity contribution in [3.8, 4) is 0 Å². The van der Waals surface area contributed by atoms with E-state index in [-0.39, 0.29) is 5.91 Å². The minimum Gasteiger partial charge on any atom is -0.315 e. The first-order valence-electron chi connectivity index (χ1n) is 5.49. The van der Waals surface area contributed by atoms with Crippen molar-refractivity contribution in [2.75, 3.05) is 11.9 Å². The van der Waals surface area contributed by atoms with Crippen LogP contribution in [-0.2, 0) is 11.2 Å². The van der Waals surface area contributed by atoms with E-state index in [9.17, 15) is 4.79 Å². The highest BCUT2D eigenvalue weighted by Crippen LogP contribution is 2.29. The van der Waals surface area contributed by atoms with Crippen molar-refractivity contribution < 1.29 is 4.79 Å². The summed E-state index contributed by atoms with van der Waals surface area (Å²) in [5.74, 6) is 0.740. The van der Waals surface area contributed by atoms with Crippen LogP contribution in [0.2, 0.25) is 0 Å². The lowest BCUT2D eigenvalue weighted by molar-refractivity contribution is -0.118. The van der Waals surface area contributed by atoms with Crippen LogP contribution in [0.3, 0.4) is 0 Å². The average molecular weight is 203 g/mol. The molecule has 1 amide bonds. The molecule has 2 heteroatoms. The normalized spacial score (nSPS) is 15.7. The third-order valence-electron chi connectivity index (χ3n) is 3.12. The zero-order chi connectivity index (χ0) is 11.0. The van der Waals surface area contributed by atoms with Crippen molar-refractivity contribution in [1.29, 1.82) is 0 Å². The van der Waals surface area contributed by atoms with Crippen LogP contribution in [0, 0.1) is 0 Å². The van der Waals surface area contributed by atoms with Crippen LogP contribution in [0.25, 0.3) is 0 Å². The minimum atomic E-state index is 0.225. The Morgan fingerprint density at radius 1 is 1.27 bits per heavy atom. The monoisotopic (exact) mass is 203 g/mol. The van der Waals surface area contributed by atoms with E-state index in [2.05, 4.69) is 32.0 Å². The lowest BCUT2D eigenvalue weighted by Gasteiger charge is -2.26. The molecule has 2 nitrogen and oxygen atoms in total. The van der Waals surface area contributed by atoms with Gasteiger partial charge in [0.25, 0.3) is 0 Å². The number of carbonyl (C=O) groups is 1. The molecule has 0 radical (unpaired) electrons. The predicted octanol–water partition coefficient (Wildman–Crippen LogP) is 2.72. The summed E-state index contributed by atoms with van der Waals surface area (Å²) in [7, 11) is 1.87. The minimum absolute atomic E-state index is 0.225. The number of carbonyl (C=O) groups excluding carboxylic acids is 1. The van der Waals surface area contributed by atoms with Gasteiger partial charge in [0.05, 0.1) is 0 Å². The molecule has 0 aliphatic carbocycles. The second kappa shape index (κ2) is 3.69. The van der Waals surface area contributed by atoms with E-state index < -0.39 is 0 Å². The molecule has 1 aromatic carbocycles. The maximum Gasteiger partial charge on any atom is 0.227 e. The Morgan fingerprint density at radius 3 is 2.67 bits per heavy atom. The van der Waals surface area contributed by atoms with E-state index >= 15 is 0 Å². The van der Waals surface area contributed by atoms with Crippen molar-refractivity contribution in [2.45, 2.75) is 32.6 Å². The molecule has 80 valence electrons. The van der Waals surface area contributed by atoms with E-state index in [0.717, 1.165) is 12.1 Å². The number of nitrogens with zero attached hydrogens (tertiary/aromatic N) is 1. The second-order valence-electron chi connectivity index (χ2n) is 4.50. The molecule has 0 aromatic heterocycles. The summed E-state index contributed by atoms with van der Waals surface area (Å²) < 4.78 is 0. The molecular formula is C13H17NO. The maximum atomic E-state index is 11.6. The van der Waals surface area contributed by atoms with Crippen LogP contribution < -0.4 is 4.90 Å². The topological polar surface area (TPSA) is 20.3 Å². The van der Waals surface area contributed by atoms with Gasteiger partial charge in [0.2, 0.25) is 5.91 Å². The van der Waals surface area contributed by atoms with E-state index in [1.165, 1.54) is 11.1 Å². The van der Waals surface area contributed by atoms with Gasteiger partial charge in [-0.2, -0.15) is 0 Å². The van der Waals surface area contributed by atoms with Crippen LogP contribution in [0.5, 0.6) is 0 Å². The molecular weight excluding hydrogens is 186 g/mol. The van der Waals surface area contributed by atoms with Gasteiger partial charge in [0.15, 0.2) is 0 Å². The van der Waals surface area contributed by atoms with Crippen molar-refractivity contribution in [3.63, 3.8) is 0 Å². The molecule has 2 rings (SSSR count). The highest BCUT2D eigenvalue weighted by atomic mass is 16.2. The van der Waals surface area contributed by atoms with Gasteiger partial charge < -0.3 is 4.90 Å². The fourth-order valence-corrected chi connectivity index (χ4v) is 2.01. The van der Waals surface area contributed by atoms with Crippen LogP contribution in [-0.4, -0.2) is 13.0 Å². The Morgan fingerprint density at radius 2 is 2.00 bits per heavy atom. The van der Waals surface area contributed by atoms with Gasteiger partial charge in [-0.25, -0.2) is 0 Å². The molecule has 15 heavy (non-hydrogen) atoms. The molecule has 0 fully saturated rings. The summed E-state index contributed by atoms with van der Waals surface area (Å²) in [6, 6.07) is 6.48. The third kappa shape index (κ3) is 1.76. The zero-order valence-electron chi connectivity index (χ0n) is 9.58. The first kappa shape index (κ1) is 10.2. The smallest absolute Gasteiger partial charge is 0.227 e. The molecule has 1 heterocycles. The van der Waals surface area contributed by atoms with Gasteiger partial charge in [0, 0.05) is 19.2 Å². The molecule has 0 saturated heterocycles. The highest BCUT2D eigenvalue weighted by molar-refractivity contribution is 5.95. The van der Waals surface area contributed by atoms with Crippen molar-refractivity contribution in [3.05, 3.63) is 29.3 Å². The Bertz CT molecular complexity index is 396. The summed E-state index contributed by atoms with van der Waals surface area (Å²) >= 11 is 0. The zero-order valence-corrected chi connectivity index (χ0v) is 9.58. The van der Waals surface area contributed by atoms with Gasteiger partial charge in [-0.3, -0.25) is 4.79 Å². The molecule has 0 unspecified atom stereocenters. The van der Waals surface area contributed by atoms with Crippen molar-refractivity contribution in [1.82, 2.24) is 0 Å². The predicted molar refractivity (Wildman–Crippen MR) is 62.3 cm³/mol. The molecule has 1 aromatic rings. The SMILES string of the molecule is CC(C)c1ccc2c(c1)N(C)C(=O)CC2. The molecule has 0 atom stereocenters. The molecule has 0 N–H and O–H groups in total. The largest absolute Gasteiger partial charge is 0.315 e. The summed E-state index contributed by atoms with van der Waals surface area (Å²) in [5, 5.41) is 0. The third-order valence-corrected chi connectivity index (χ3v) is 3.12. The van der Waals surface area contributed by atoms with Gasteiger partial charge in [-0.05, 0) is 29.5 Å². The van der Waals surface area contributed by atoms with Crippen molar-refractivity contribution in [2.24, 2.45) is 0 Å². The van der Waals surface area contributed by atoms with E-state index in [4.69, 9.17) is 0 Å². The Kier molecular flexibility index (Phi) is 2.51. The molecule has 0 saturated carbocycles. The second-order valence-corrected chi connectivity index (χ2v) is 4.50.